The molecule has 0 atom stereocenters. The van der Waals surface area contributed by atoms with Gasteiger partial charge in [-0.2, -0.15) is 0 Å². The topological polar surface area (TPSA) is 124 Å². The number of nitrogens with two attached hydrogens (primary N) is 1. The van der Waals surface area contributed by atoms with Gasteiger partial charge in [0.25, 0.3) is 5.91 Å². The van der Waals surface area contributed by atoms with E-state index in [1.54, 1.807) is 17.1 Å². The third kappa shape index (κ3) is 2.98. The summed E-state index contributed by atoms with van der Waals surface area (Å²) in [5.41, 5.74) is 2.52. The lowest BCUT2D eigenvalue weighted by Crippen LogP contribution is -2.28. The molecule has 0 aliphatic rings. The largest absolute Gasteiger partial charge is 0.349 e. The molecule has 9 nitrogen and oxygen atoms in total. The highest BCUT2D eigenvalue weighted by atomic mass is 16.1. The van der Waals surface area contributed by atoms with E-state index in [-0.39, 0.29) is 11.6 Å². The fraction of sp³-hybridized carbons (Fsp3) is 0.222. The fourth-order valence-corrected chi connectivity index (χ4v) is 1.27. The number of amides is 1. The van der Waals surface area contributed by atoms with Crippen molar-refractivity contribution in [3.63, 3.8) is 0 Å². The van der Waals surface area contributed by atoms with Crippen LogP contribution in [0.5, 0.6) is 0 Å². The third-order valence-electron chi connectivity index (χ3n) is 2.11. The van der Waals surface area contributed by atoms with Crippen LogP contribution in [-0.4, -0.2) is 37.4 Å². The molecule has 0 aromatic carbocycles. The highest BCUT2D eigenvalue weighted by molar-refractivity contribution is 5.92. The molecule has 2 aromatic heterocycles. The van der Waals surface area contributed by atoms with Gasteiger partial charge in [0.05, 0.1) is 25.1 Å². The summed E-state index contributed by atoms with van der Waals surface area (Å²) in [4.78, 5) is 19.5. The van der Waals surface area contributed by atoms with Gasteiger partial charge in [-0.1, -0.05) is 5.21 Å². The van der Waals surface area contributed by atoms with E-state index in [0.717, 1.165) is 0 Å². The van der Waals surface area contributed by atoms with Gasteiger partial charge in [0, 0.05) is 12.7 Å². The number of hydrogen-bond donors (Lipinski definition) is 3. The molecule has 0 radical (unpaired) electrons. The zero-order valence-corrected chi connectivity index (χ0v) is 9.45. The van der Waals surface area contributed by atoms with E-state index in [0.29, 0.717) is 18.9 Å². The molecule has 0 unspecified atom stereocenters. The minimum absolute atomic E-state index is 0.198. The first kappa shape index (κ1) is 11.9. The fourth-order valence-electron chi connectivity index (χ4n) is 1.27. The van der Waals surface area contributed by atoms with E-state index < -0.39 is 0 Å². The average molecular weight is 248 g/mol. The molecular formula is C9H12N8O. The number of carbonyl (C=O) groups excluding carboxylic acids is 1. The molecule has 1 amide bonds. The maximum Gasteiger partial charge on any atom is 0.271 e. The molecular weight excluding hydrogens is 236 g/mol. The monoisotopic (exact) mass is 248 g/mol. The quantitative estimate of drug-likeness (QED) is 0.447. The van der Waals surface area contributed by atoms with Crippen LogP contribution in [0.3, 0.4) is 0 Å². The molecule has 0 saturated carbocycles. The van der Waals surface area contributed by atoms with Crippen molar-refractivity contribution in [3.05, 3.63) is 30.5 Å². The minimum Gasteiger partial charge on any atom is -0.349 e. The van der Waals surface area contributed by atoms with Gasteiger partial charge in [0.15, 0.2) is 5.82 Å². The van der Waals surface area contributed by atoms with Crippen molar-refractivity contribution >= 4 is 11.7 Å². The second-order valence-corrected chi connectivity index (χ2v) is 3.36. The Kier molecular flexibility index (Phi) is 3.76. The summed E-state index contributed by atoms with van der Waals surface area (Å²) < 4.78 is 1.61. The number of hydrogen-bond acceptors (Lipinski definition) is 7. The Hall–Kier alpha value is -2.55. The second-order valence-electron chi connectivity index (χ2n) is 3.36. The number of anilines is 1. The number of aromatic nitrogens is 5. The molecule has 0 bridgehead atoms. The molecule has 2 rings (SSSR count). The van der Waals surface area contributed by atoms with Crippen LogP contribution in [0, 0.1) is 0 Å². The number of carbonyl (C=O) groups is 1. The molecule has 0 saturated heterocycles. The van der Waals surface area contributed by atoms with Crippen molar-refractivity contribution in [2.75, 3.05) is 12.0 Å². The standard InChI is InChI=1S/C9H12N8O/c10-15-8-6-11-5-7(14-8)9(18)12-1-3-17-4-2-13-16-17/h2,4-6H,1,3,10H2,(H,12,18)(H,14,15). The van der Waals surface area contributed by atoms with Crippen molar-refractivity contribution in [3.8, 4) is 0 Å². The normalized spacial score (nSPS) is 10.1. The van der Waals surface area contributed by atoms with E-state index in [9.17, 15) is 4.79 Å². The molecule has 4 N–H and O–H groups in total. The first-order valence-electron chi connectivity index (χ1n) is 5.20. The lowest BCUT2D eigenvalue weighted by Gasteiger charge is -2.05. The number of nitrogens with zero attached hydrogens (tertiary/aromatic N) is 5. The highest BCUT2D eigenvalue weighted by Crippen LogP contribution is 1.99. The van der Waals surface area contributed by atoms with Gasteiger partial charge in [-0.05, 0) is 0 Å². The third-order valence-corrected chi connectivity index (χ3v) is 2.11. The van der Waals surface area contributed by atoms with Crippen molar-refractivity contribution in [2.45, 2.75) is 6.54 Å². The van der Waals surface area contributed by atoms with E-state index in [2.05, 4.69) is 31.0 Å². The van der Waals surface area contributed by atoms with Crippen molar-refractivity contribution < 1.29 is 4.79 Å². The predicted octanol–water partition coefficient (Wildman–Crippen LogP) is -1.22. The Morgan fingerprint density at radius 1 is 1.44 bits per heavy atom. The van der Waals surface area contributed by atoms with Crippen molar-refractivity contribution in [1.29, 1.82) is 0 Å². The van der Waals surface area contributed by atoms with Crippen LogP contribution in [0.2, 0.25) is 0 Å². The van der Waals surface area contributed by atoms with Crippen LogP contribution in [-0.2, 0) is 6.54 Å². The van der Waals surface area contributed by atoms with Crippen LogP contribution in [0.1, 0.15) is 10.5 Å². The average Bonchev–Trinajstić information content (AvgIpc) is 2.92. The number of hydrazine groups is 1. The summed E-state index contributed by atoms with van der Waals surface area (Å²) in [6.45, 7) is 0.957. The molecule has 0 aliphatic heterocycles. The van der Waals surface area contributed by atoms with E-state index >= 15 is 0 Å². The molecule has 9 heteroatoms. The van der Waals surface area contributed by atoms with Gasteiger partial charge in [-0.25, -0.2) is 10.8 Å². The SMILES string of the molecule is NNc1cncc(C(=O)NCCn2ccnn2)n1. The zero-order chi connectivity index (χ0) is 12.8. The van der Waals surface area contributed by atoms with Crippen LogP contribution in [0.15, 0.2) is 24.8 Å². The maximum atomic E-state index is 11.7. The summed E-state index contributed by atoms with van der Waals surface area (Å²) >= 11 is 0. The van der Waals surface area contributed by atoms with E-state index in [4.69, 9.17) is 5.84 Å². The summed E-state index contributed by atoms with van der Waals surface area (Å²) in [5.74, 6) is 5.19. The lowest BCUT2D eigenvalue weighted by atomic mass is 10.4. The van der Waals surface area contributed by atoms with Crippen molar-refractivity contribution in [2.24, 2.45) is 5.84 Å². The van der Waals surface area contributed by atoms with Gasteiger partial charge in [0.1, 0.15) is 5.69 Å². The Bertz CT molecular complexity index is 511. The van der Waals surface area contributed by atoms with E-state index in [1.807, 2.05) is 0 Å². The van der Waals surface area contributed by atoms with Gasteiger partial charge in [-0.15, -0.1) is 5.10 Å². The predicted molar refractivity (Wildman–Crippen MR) is 62.2 cm³/mol. The van der Waals surface area contributed by atoms with Gasteiger partial charge in [-0.3, -0.25) is 14.5 Å². The molecule has 0 aliphatic carbocycles. The van der Waals surface area contributed by atoms with Gasteiger partial charge in [0.2, 0.25) is 0 Å². The van der Waals surface area contributed by atoms with Gasteiger partial charge >= 0.3 is 0 Å². The Morgan fingerprint density at radius 2 is 2.33 bits per heavy atom. The van der Waals surface area contributed by atoms with Crippen molar-refractivity contribution in [1.82, 2.24) is 30.3 Å². The highest BCUT2D eigenvalue weighted by Gasteiger charge is 2.07. The van der Waals surface area contributed by atoms with Crippen LogP contribution >= 0.6 is 0 Å². The number of rotatable bonds is 5. The number of nitrogen functional groups attached to an aromatic ring is 1. The van der Waals surface area contributed by atoms with Crippen LogP contribution < -0.4 is 16.6 Å². The molecule has 0 spiro atoms. The summed E-state index contributed by atoms with van der Waals surface area (Å²) in [6.07, 6.45) is 6.08. The van der Waals surface area contributed by atoms with Gasteiger partial charge < -0.3 is 10.7 Å². The molecule has 2 aromatic rings. The molecule has 18 heavy (non-hydrogen) atoms. The zero-order valence-electron chi connectivity index (χ0n) is 9.45. The first-order valence-corrected chi connectivity index (χ1v) is 5.20. The maximum absolute atomic E-state index is 11.7. The lowest BCUT2D eigenvalue weighted by molar-refractivity contribution is 0.0946. The summed E-state index contributed by atoms with van der Waals surface area (Å²) in [7, 11) is 0. The first-order chi connectivity index (χ1) is 8.79. The van der Waals surface area contributed by atoms with Crippen LogP contribution in [0.4, 0.5) is 5.82 Å². The smallest absolute Gasteiger partial charge is 0.271 e. The minimum atomic E-state index is -0.320. The molecule has 2 heterocycles. The van der Waals surface area contributed by atoms with E-state index in [1.165, 1.54) is 12.4 Å². The summed E-state index contributed by atoms with van der Waals surface area (Å²) in [6, 6.07) is 0. The Morgan fingerprint density at radius 3 is 3.06 bits per heavy atom. The molecule has 94 valence electrons. The Labute approximate surface area is 102 Å². The molecule has 0 fully saturated rings. The summed E-state index contributed by atoms with van der Waals surface area (Å²) in [5, 5.41) is 10.1. The van der Waals surface area contributed by atoms with Crippen LogP contribution in [0.25, 0.3) is 0 Å². The Balaban J connectivity index is 1.87. The second kappa shape index (κ2) is 5.68. The number of nitrogens with one attached hydrogen (secondary N) is 2.